The van der Waals surface area contributed by atoms with E-state index in [-0.39, 0.29) is 6.15 Å². The Morgan fingerprint density at radius 1 is 1.33 bits per heavy atom. The van der Waals surface area contributed by atoms with Gasteiger partial charge in [0.15, 0.2) is 0 Å². The van der Waals surface area contributed by atoms with Gasteiger partial charge in [-0.25, -0.2) is 0 Å². The summed E-state index contributed by atoms with van der Waals surface area (Å²) in [7, 11) is 0. The lowest BCUT2D eigenvalue weighted by Gasteiger charge is -1.87. The molecule has 1 atom stereocenters. The molecule has 0 saturated heterocycles. The molecule has 1 aromatic rings. The molecule has 12 heavy (non-hydrogen) atoms. The van der Waals surface area contributed by atoms with E-state index in [9.17, 15) is 0 Å². The van der Waals surface area contributed by atoms with E-state index in [1.54, 1.807) is 0 Å². The molecule has 1 aromatic carbocycles. The molecule has 0 heterocycles. The molecule has 2 rings (SSSR count). The van der Waals surface area contributed by atoms with Gasteiger partial charge < -0.3 is 11.9 Å². The zero-order valence-electron chi connectivity index (χ0n) is 7.51. The van der Waals surface area contributed by atoms with Crippen molar-refractivity contribution in [3.05, 3.63) is 29.3 Å². The Labute approximate surface area is 73.4 Å². The van der Waals surface area contributed by atoms with Crippen molar-refractivity contribution in [3.63, 3.8) is 0 Å². The van der Waals surface area contributed by atoms with Gasteiger partial charge in [-0.15, -0.1) is 0 Å². The SMILES string of the molecule is CCCC1c2ccc(N)cc21.N. The summed E-state index contributed by atoms with van der Waals surface area (Å²) in [5.74, 6) is 0.747. The number of hydrogen-bond acceptors (Lipinski definition) is 2. The van der Waals surface area contributed by atoms with E-state index in [0.717, 1.165) is 11.6 Å². The van der Waals surface area contributed by atoms with Crippen LogP contribution < -0.4 is 11.9 Å². The second kappa shape index (κ2) is 3.15. The zero-order valence-corrected chi connectivity index (χ0v) is 7.51. The zero-order chi connectivity index (χ0) is 7.84. The smallest absolute Gasteiger partial charge is 0.0317 e. The maximum absolute atomic E-state index is 5.65. The van der Waals surface area contributed by atoms with Crippen LogP contribution in [0.1, 0.15) is 36.8 Å². The first kappa shape index (κ1) is 9.07. The molecule has 2 nitrogen and oxygen atoms in total. The quantitative estimate of drug-likeness (QED) is 0.660. The Balaban J connectivity index is 0.000000720. The highest BCUT2D eigenvalue weighted by molar-refractivity contribution is 5.59. The van der Waals surface area contributed by atoms with Crippen LogP contribution in [0.5, 0.6) is 0 Å². The summed E-state index contributed by atoms with van der Waals surface area (Å²) >= 11 is 0. The Hall–Kier alpha value is -1.02. The van der Waals surface area contributed by atoms with Crippen LogP contribution in [0.2, 0.25) is 0 Å². The van der Waals surface area contributed by atoms with Crippen molar-refractivity contribution >= 4 is 5.69 Å². The summed E-state index contributed by atoms with van der Waals surface area (Å²) in [5.41, 5.74) is 9.55. The van der Waals surface area contributed by atoms with Crippen molar-refractivity contribution in [3.8, 4) is 0 Å². The molecule has 0 spiro atoms. The Morgan fingerprint density at radius 3 is 2.67 bits per heavy atom. The fourth-order valence-corrected chi connectivity index (χ4v) is 1.72. The summed E-state index contributed by atoms with van der Waals surface area (Å²) < 4.78 is 0. The fourth-order valence-electron chi connectivity index (χ4n) is 1.72. The fraction of sp³-hybridized carbons (Fsp3) is 0.400. The van der Waals surface area contributed by atoms with Gasteiger partial charge >= 0.3 is 0 Å². The second-order valence-corrected chi connectivity index (χ2v) is 3.23. The third-order valence-corrected chi connectivity index (χ3v) is 2.36. The molecule has 66 valence electrons. The summed E-state index contributed by atoms with van der Waals surface area (Å²) in [6.45, 7) is 2.22. The van der Waals surface area contributed by atoms with Crippen molar-refractivity contribution in [2.75, 3.05) is 5.73 Å². The maximum Gasteiger partial charge on any atom is 0.0317 e. The molecule has 0 amide bonds. The minimum atomic E-state index is 0. The number of anilines is 1. The Morgan fingerprint density at radius 2 is 2.08 bits per heavy atom. The molecule has 1 aliphatic rings. The van der Waals surface area contributed by atoms with E-state index in [2.05, 4.69) is 19.1 Å². The highest BCUT2D eigenvalue weighted by Crippen LogP contribution is 2.47. The minimum Gasteiger partial charge on any atom is -0.399 e. The summed E-state index contributed by atoms with van der Waals surface area (Å²) in [6.07, 6.45) is 2.55. The van der Waals surface area contributed by atoms with Gasteiger partial charge in [0.05, 0.1) is 0 Å². The summed E-state index contributed by atoms with van der Waals surface area (Å²) in [4.78, 5) is 0. The van der Waals surface area contributed by atoms with Gasteiger partial charge in [-0.05, 0) is 29.7 Å². The highest BCUT2D eigenvalue weighted by Gasteiger charge is 2.30. The van der Waals surface area contributed by atoms with Crippen molar-refractivity contribution < 1.29 is 0 Å². The topological polar surface area (TPSA) is 61.0 Å². The van der Waals surface area contributed by atoms with Gasteiger partial charge in [-0.2, -0.15) is 0 Å². The second-order valence-electron chi connectivity index (χ2n) is 3.23. The van der Waals surface area contributed by atoms with E-state index in [0.29, 0.717) is 0 Å². The van der Waals surface area contributed by atoms with Gasteiger partial charge in [0, 0.05) is 11.6 Å². The van der Waals surface area contributed by atoms with Gasteiger partial charge in [0.1, 0.15) is 0 Å². The number of hydrogen-bond donors (Lipinski definition) is 2. The number of nitrogen functional groups attached to an aromatic ring is 1. The predicted molar refractivity (Wildman–Crippen MR) is 52.6 cm³/mol. The van der Waals surface area contributed by atoms with Crippen molar-refractivity contribution in [2.45, 2.75) is 25.7 Å². The summed E-state index contributed by atoms with van der Waals surface area (Å²) in [6, 6.07) is 6.26. The Kier molecular flexibility index (Phi) is 2.38. The van der Waals surface area contributed by atoms with Gasteiger partial charge in [0.2, 0.25) is 0 Å². The van der Waals surface area contributed by atoms with Gasteiger partial charge in [0.25, 0.3) is 0 Å². The third-order valence-electron chi connectivity index (χ3n) is 2.36. The normalized spacial score (nSPS) is 17.9. The van der Waals surface area contributed by atoms with Gasteiger partial charge in [-0.1, -0.05) is 19.4 Å². The maximum atomic E-state index is 5.65. The lowest BCUT2D eigenvalue weighted by atomic mass is 10.2. The van der Waals surface area contributed by atoms with E-state index >= 15 is 0 Å². The average molecular weight is 164 g/mol. The van der Waals surface area contributed by atoms with Crippen molar-refractivity contribution in [2.24, 2.45) is 0 Å². The van der Waals surface area contributed by atoms with E-state index in [4.69, 9.17) is 5.73 Å². The molecule has 0 radical (unpaired) electrons. The standard InChI is InChI=1S/C10H13N.H3N/c1-2-3-8-9-5-4-7(11)6-10(8)9;/h4-6,8H,2-3,11H2,1H3;1H3. The van der Waals surface area contributed by atoms with Crippen LogP contribution in [0, 0.1) is 0 Å². The van der Waals surface area contributed by atoms with Crippen LogP contribution in [0.15, 0.2) is 18.2 Å². The first-order chi connectivity index (χ1) is 5.33. The van der Waals surface area contributed by atoms with E-state index in [1.165, 1.54) is 24.0 Å². The monoisotopic (exact) mass is 164 g/mol. The molecule has 0 bridgehead atoms. The van der Waals surface area contributed by atoms with Gasteiger partial charge in [-0.3, -0.25) is 0 Å². The molecule has 1 aliphatic carbocycles. The number of nitrogens with two attached hydrogens (primary N) is 1. The van der Waals surface area contributed by atoms with Crippen molar-refractivity contribution in [1.82, 2.24) is 6.15 Å². The van der Waals surface area contributed by atoms with E-state index < -0.39 is 0 Å². The summed E-state index contributed by atoms with van der Waals surface area (Å²) in [5, 5.41) is 0. The number of rotatable bonds is 2. The van der Waals surface area contributed by atoms with Crippen LogP contribution in [-0.4, -0.2) is 0 Å². The third kappa shape index (κ3) is 1.30. The largest absolute Gasteiger partial charge is 0.399 e. The first-order valence-corrected chi connectivity index (χ1v) is 4.22. The lowest BCUT2D eigenvalue weighted by molar-refractivity contribution is 0.783. The molecule has 1 unspecified atom stereocenters. The van der Waals surface area contributed by atoms with Crippen LogP contribution >= 0.6 is 0 Å². The number of fused-ring (bicyclic) bond motifs is 1. The molecule has 5 N–H and O–H groups in total. The first-order valence-electron chi connectivity index (χ1n) is 4.22. The molecule has 0 aliphatic heterocycles. The van der Waals surface area contributed by atoms with E-state index in [1.807, 2.05) is 6.07 Å². The number of benzene rings is 1. The average Bonchev–Trinajstić information content (AvgIpc) is 2.64. The minimum absolute atomic E-state index is 0. The van der Waals surface area contributed by atoms with Crippen LogP contribution in [0.4, 0.5) is 5.69 Å². The molecule has 0 fully saturated rings. The van der Waals surface area contributed by atoms with Crippen LogP contribution in [-0.2, 0) is 0 Å². The highest BCUT2D eigenvalue weighted by atomic mass is 14.6. The van der Waals surface area contributed by atoms with Crippen molar-refractivity contribution in [1.29, 1.82) is 0 Å². The molecule has 2 heteroatoms. The Bertz CT molecular complexity index is 281. The van der Waals surface area contributed by atoms with Crippen LogP contribution in [0.3, 0.4) is 0 Å². The predicted octanol–water partition coefficient (Wildman–Crippen LogP) is 2.68. The lowest BCUT2D eigenvalue weighted by Crippen LogP contribution is -1.79. The molecular formula is C10H16N2. The molecular weight excluding hydrogens is 148 g/mol. The van der Waals surface area contributed by atoms with Crippen LogP contribution in [0.25, 0.3) is 0 Å². The molecule has 0 aromatic heterocycles. The molecule has 0 saturated carbocycles.